The molecule has 1 aliphatic rings. The summed E-state index contributed by atoms with van der Waals surface area (Å²) in [6.45, 7) is 3.31. The van der Waals surface area contributed by atoms with Crippen LogP contribution in [0.3, 0.4) is 0 Å². The normalized spacial score (nSPS) is 15.3. The molecule has 0 spiro atoms. The first kappa shape index (κ1) is 23.3. The van der Waals surface area contributed by atoms with Crippen LogP contribution in [0.5, 0.6) is 5.75 Å². The van der Waals surface area contributed by atoms with Crippen molar-refractivity contribution < 1.29 is 23.5 Å². The van der Waals surface area contributed by atoms with Crippen LogP contribution in [0.15, 0.2) is 47.1 Å². The number of unbranched alkanes of at least 4 members (excludes halogenated alkanes) is 1. The average Bonchev–Trinajstić information content (AvgIpc) is 3.43. The number of hydrogen-bond acceptors (Lipinski definition) is 6. The van der Waals surface area contributed by atoms with E-state index in [9.17, 15) is 14.4 Å². The topological polar surface area (TPSA) is 113 Å². The Bertz CT molecular complexity index is 946. The lowest BCUT2D eigenvalue weighted by Crippen LogP contribution is -2.50. The van der Waals surface area contributed by atoms with E-state index in [0.717, 1.165) is 12.8 Å². The maximum absolute atomic E-state index is 12.4. The highest BCUT2D eigenvalue weighted by Gasteiger charge is 2.34. The van der Waals surface area contributed by atoms with E-state index in [1.165, 1.54) is 6.26 Å². The quantitative estimate of drug-likeness (QED) is 0.316. The van der Waals surface area contributed by atoms with E-state index in [1.807, 2.05) is 0 Å². The molecule has 3 N–H and O–H groups in total. The molecule has 1 aliphatic heterocycles. The van der Waals surface area contributed by atoms with Gasteiger partial charge in [0, 0.05) is 18.5 Å². The summed E-state index contributed by atoms with van der Waals surface area (Å²) in [6, 6.07) is 10.2. The van der Waals surface area contributed by atoms with Gasteiger partial charge in [-0.1, -0.05) is 13.3 Å². The zero-order valence-corrected chi connectivity index (χ0v) is 18.6. The van der Waals surface area contributed by atoms with Crippen molar-refractivity contribution in [2.45, 2.75) is 32.7 Å². The lowest BCUT2D eigenvalue weighted by atomic mass is 10.1. The Labute approximate surface area is 191 Å². The van der Waals surface area contributed by atoms with Crippen LogP contribution in [-0.2, 0) is 16.1 Å². The average molecular weight is 459 g/mol. The summed E-state index contributed by atoms with van der Waals surface area (Å²) in [5.74, 6) is -0.108. The predicted molar refractivity (Wildman–Crippen MR) is 120 cm³/mol. The third kappa shape index (κ3) is 6.55. The van der Waals surface area contributed by atoms with E-state index in [1.54, 1.807) is 41.3 Å². The monoisotopic (exact) mass is 458 g/mol. The van der Waals surface area contributed by atoms with Gasteiger partial charge >= 0.3 is 0 Å². The molecule has 2 aromatic rings. The molecule has 2 heterocycles. The molecule has 0 bridgehead atoms. The van der Waals surface area contributed by atoms with Crippen LogP contribution in [0.4, 0.5) is 0 Å². The van der Waals surface area contributed by atoms with Gasteiger partial charge in [0.25, 0.3) is 5.91 Å². The van der Waals surface area contributed by atoms with Crippen LogP contribution in [0.2, 0.25) is 0 Å². The first-order valence-electron chi connectivity index (χ1n) is 10.4. The van der Waals surface area contributed by atoms with Gasteiger partial charge in [-0.2, -0.15) is 0 Å². The Morgan fingerprint density at radius 1 is 1.22 bits per heavy atom. The summed E-state index contributed by atoms with van der Waals surface area (Å²) >= 11 is 5.07. The van der Waals surface area contributed by atoms with Gasteiger partial charge in [0.2, 0.25) is 11.8 Å². The van der Waals surface area contributed by atoms with Crippen LogP contribution in [-0.4, -0.2) is 40.9 Å². The molecule has 0 radical (unpaired) electrons. The fourth-order valence-electron chi connectivity index (χ4n) is 3.16. The maximum atomic E-state index is 12.4. The molecule has 9 nitrogen and oxygen atoms in total. The maximum Gasteiger partial charge on any atom is 0.257 e. The van der Waals surface area contributed by atoms with Crippen LogP contribution in [0, 0.1) is 5.92 Å². The number of nitrogens with one attached hydrogen (secondary N) is 3. The molecule has 170 valence electrons. The van der Waals surface area contributed by atoms with Gasteiger partial charge < -0.3 is 14.1 Å². The van der Waals surface area contributed by atoms with E-state index in [-0.39, 0.29) is 29.9 Å². The first-order valence-corrected chi connectivity index (χ1v) is 10.8. The number of nitrogens with zero attached hydrogens (tertiary/aromatic N) is 1. The molecule has 1 atom stereocenters. The van der Waals surface area contributed by atoms with Gasteiger partial charge in [0.1, 0.15) is 11.5 Å². The molecule has 1 aromatic carbocycles. The summed E-state index contributed by atoms with van der Waals surface area (Å²) < 4.78 is 10.8. The van der Waals surface area contributed by atoms with Crippen LogP contribution < -0.4 is 20.9 Å². The van der Waals surface area contributed by atoms with Crippen molar-refractivity contribution in [1.82, 2.24) is 21.1 Å². The lowest BCUT2D eigenvalue weighted by Gasteiger charge is -2.16. The van der Waals surface area contributed by atoms with Gasteiger partial charge in [0.15, 0.2) is 5.11 Å². The van der Waals surface area contributed by atoms with E-state index >= 15 is 0 Å². The third-order valence-corrected chi connectivity index (χ3v) is 5.13. The number of hydrazine groups is 1. The minimum Gasteiger partial charge on any atom is -0.494 e. The SMILES string of the molecule is CCCCOc1ccc(C(=O)NC(=S)NNC(=O)C2CC(=O)N(Cc3ccco3)C2)cc1. The summed E-state index contributed by atoms with van der Waals surface area (Å²) in [6.07, 6.45) is 3.64. The van der Waals surface area contributed by atoms with Crippen LogP contribution >= 0.6 is 12.2 Å². The number of ether oxygens (including phenoxy) is 1. The van der Waals surface area contributed by atoms with Crippen LogP contribution in [0.25, 0.3) is 0 Å². The number of carbonyl (C=O) groups excluding carboxylic acids is 3. The zero-order valence-electron chi connectivity index (χ0n) is 17.8. The highest BCUT2D eigenvalue weighted by Crippen LogP contribution is 2.20. The summed E-state index contributed by atoms with van der Waals surface area (Å²) in [4.78, 5) is 38.4. The van der Waals surface area contributed by atoms with Crippen molar-refractivity contribution in [3.63, 3.8) is 0 Å². The Kier molecular flexibility index (Phi) is 8.20. The molecule has 1 unspecified atom stereocenters. The Morgan fingerprint density at radius 3 is 2.69 bits per heavy atom. The number of furan rings is 1. The molecule has 10 heteroatoms. The van der Waals surface area contributed by atoms with Crippen LogP contribution in [0.1, 0.15) is 42.3 Å². The number of rotatable bonds is 8. The van der Waals surface area contributed by atoms with Crippen molar-refractivity contribution in [3.8, 4) is 5.75 Å². The lowest BCUT2D eigenvalue weighted by molar-refractivity contribution is -0.129. The summed E-state index contributed by atoms with van der Waals surface area (Å²) in [7, 11) is 0. The minimum atomic E-state index is -0.524. The Balaban J connectivity index is 1.40. The molecule has 3 amide bonds. The van der Waals surface area contributed by atoms with Crippen molar-refractivity contribution in [2.75, 3.05) is 13.2 Å². The predicted octanol–water partition coefficient (Wildman–Crippen LogP) is 2.14. The fraction of sp³-hybridized carbons (Fsp3) is 0.364. The van der Waals surface area contributed by atoms with E-state index in [0.29, 0.717) is 30.2 Å². The summed E-state index contributed by atoms with van der Waals surface area (Å²) in [5.41, 5.74) is 5.36. The number of carbonyl (C=O) groups is 3. The molecule has 1 saturated heterocycles. The van der Waals surface area contributed by atoms with Crippen molar-refractivity contribution in [3.05, 3.63) is 54.0 Å². The van der Waals surface area contributed by atoms with Gasteiger partial charge in [-0.25, -0.2) is 0 Å². The number of amides is 3. The molecule has 0 aliphatic carbocycles. The van der Waals surface area contributed by atoms with Crippen molar-refractivity contribution >= 4 is 35.1 Å². The highest BCUT2D eigenvalue weighted by molar-refractivity contribution is 7.80. The van der Waals surface area contributed by atoms with Gasteiger partial charge in [-0.15, -0.1) is 0 Å². The second kappa shape index (κ2) is 11.3. The van der Waals surface area contributed by atoms with Gasteiger partial charge in [-0.3, -0.25) is 30.6 Å². The number of likely N-dealkylation sites (tertiary alicyclic amines) is 1. The molecular formula is C22H26N4O5S. The van der Waals surface area contributed by atoms with Crippen molar-refractivity contribution in [1.29, 1.82) is 0 Å². The van der Waals surface area contributed by atoms with Gasteiger partial charge in [-0.05, 0) is 55.0 Å². The minimum absolute atomic E-state index is 0.0524. The number of hydrogen-bond donors (Lipinski definition) is 3. The van der Waals surface area contributed by atoms with Crippen molar-refractivity contribution in [2.24, 2.45) is 5.92 Å². The first-order chi connectivity index (χ1) is 15.5. The smallest absolute Gasteiger partial charge is 0.257 e. The standard InChI is InChI=1S/C22H26N4O5S/c1-2-3-10-30-17-8-6-15(7-9-17)20(28)23-22(32)25-24-21(29)16-12-19(27)26(13-16)14-18-5-4-11-31-18/h4-9,11,16H,2-3,10,12-14H2,1H3,(H,24,29)(H2,23,25,28,32). The second-order valence-corrected chi connectivity index (χ2v) is 7.79. The molecule has 1 aromatic heterocycles. The Hall–Kier alpha value is -3.40. The molecule has 32 heavy (non-hydrogen) atoms. The molecule has 1 fully saturated rings. The second-order valence-electron chi connectivity index (χ2n) is 7.38. The summed E-state index contributed by atoms with van der Waals surface area (Å²) in [5, 5.41) is 2.44. The van der Waals surface area contributed by atoms with E-state index in [4.69, 9.17) is 21.4 Å². The molecular weight excluding hydrogens is 432 g/mol. The highest BCUT2D eigenvalue weighted by atomic mass is 32.1. The zero-order chi connectivity index (χ0) is 22.9. The van der Waals surface area contributed by atoms with Gasteiger partial charge in [0.05, 0.1) is 25.3 Å². The molecule has 0 saturated carbocycles. The Morgan fingerprint density at radius 2 is 2.00 bits per heavy atom. The number of thiocarbonyl (C=S) groups is 1. The molecule has 3 rings (SSSR count). The van der Waals surface area contributed by atoms with E-state index < -0.39 is 11.8 Å². The van der Waals surface area contributed by atoms with E-state index in [2.05, 4.69) is 23.1 Å². The number of benzene rings is 1. The largest absolute Gasteiger partial charge is 0.494 e. The fourth-order valence-corrected chi connectivity index (χ4v) is 3.30. The third-order valence-electron chi connectivity index (χ3n) is 4.92.